The van der Waals surface area contributed by atoms with Gasteiger partial charge in [-0.25, -0.2) is 0 Å². The summed E-state index contributed by atoms with van der Waals surface area (Å²) in [6.07, 6.45) is 0.463. The van der Waals surface area contributed by atoms with Crippen molar-refractivity contribution in [3.8, 4) is 17.2 Å². The molecular weight excluding hydrogens is 382 g/mol. The molecule has 0 saturated carbocycles. The number of benzene rings is 2. The summed E-state index contributed by atoms with van der Waals surface area (Å²) < 4.78 is 16.1. The van der Waals surface area contributed by atoms with Crippen molar-refractivity contribution in [1.29, 1.82) is 0 Å². The number of amides is 1. The molecule has 2 aromatic carbocycles. The largest absolute Gasteiger partial charge is 0.495 e. The second-order valence-corrected chi connectivity index (χ2v) is 7.13. The number of hydrogen-bond donors (Lipinski definition) is 1. The van der Waals surface area contributed by atoms with Crippen molar-refractivity contribution in [3.05, 3.63) is 46.0 Å². The second kappa shape index (κ2) is 8.10. The predicted octanol–water partition coefficient (Wildman–Crippen LogP) is 4.37. The number of ketones is 1. The fourth-order valence-electron chi connectivity index (χ4n) is 3.52. The van der Waals surface area contributed by atoms with Crippen LogP contribution in [0.15, 0.2) is 24.3 Å². The highest BCUT2D eigenvalue weighted by Crippen LogP contribution is 2.40. The lowest BCUT2D eigenvalue weighted by Gasteiger charge is -2.15. The Morgan fingerprint density at radius 3 is 2.57 bits per heavy atom. The number of nitrogens with one attached hydrogen (secondary N) is 1. The first-order valence-corrected chi connectivity index (χ1v) is 9.24. The number of aryl methyl sites for hydroxylation is 1. The molecule has 1 N–H and O–H groups in total. The van der Waals surface area contributed by atoms with Gasteiger partial charge < -0.3 is 19.5 Å². The Morgan fingerprint density at radius 1 is 1.18 bits per heavy atom. The van der Waals surface area contributed by atoms with Gasteiger partial charge in [-0.15, -0.1) is 0 Å². The lowest BCUT2D eigenvalue weighted by Crippen LogP contribution is -2.21. The number of hydrogen-bond acceptors (Lipinski definition) is 5. The molecule has 0 unspecified atom stereocenters. The number of carbonyl (C=O) groups excluding carboxylic acids is 2. The third-order valence-electron chi connectivity index (χ3n) is 4.80. The van der Waals surface area contributed by atoms with E-state index < -0.39 is 5.91 Å². The van der Waals surface area contributed by atoms with Crippen molar-refractivity contribution < 1.29 is 23.8 Å². The molecule has 0 aromatic heterocycles. The average molecular weight is 404 g/mol. The van der Waals surface area contributed by atoms with Gasteiger partial charge >= 0.3 is 0 Å². The molecule has 0 heterocycles. The first-order valence-electron chi connectivity index (χ1n) is 8.86. The second-order valence-electron chi connectivity index (χ2n) is 6.72. The molecular formula is C21H22ClNO5. The van der Waals surface area contributed by atoms with Crippen molar-refractivity contribution >= 4 is 29.0 Å². The van der Waals surface area contributed by atoms with Gasteiger partial charge in [-0.2, -0.15) is 0 Å². The van der Waals surface area contributed by atoms with Crippen molar-refractivity contribution in [2.75, 3.05) is 26.1 Å². The Labute approximate surface area is 168 Å². The maximum atomic E-state index is 12.4. The quantitative estimate of drug-likeness (QED) is 0.775. The SMILES string of the molecule is COc1cc(NC(=O)COc2ccc(C)c3c2C(=O)C[C@@H]3C)c(OC)cc1Cl. The number of rotatable bonds is 6. The number of Topliss-reactive ketones (excluding diaryl/α,β-unsaturated/α-hetero) is 1. The number of fused-ring (bicyclic) bond motifs is 1. The summed E-state index contributed by atoms with van der Waals surface area (Å²) >= 11 is 6.08. The van der Waals surface area contributed by atoms with Crippen LogP contribution in [0.2, 0.25) is 5.02 Å². The molecule has 7 heteroatoms. The van der Waals surface area contributed by atoms with Gasteiger partial charge in [0.1, 0.15) is 17.2 Å². The van der Waals surface area contributed by atoms with Crippen LogP contribution in [0.1, 0.15) is 40.7 Å². The maximum absolute atomic E-state index is 12.4. The summed E-state index contributed by atoms with van der Waals surface area (Å²) in [5.74, 6) is 1.06. The van der Waals surface area contributed by atoms with E-state index in [9.17, 15) is 9.59 Å². The molecule has 2 aromatic rings. The van der Waals surface area contributed by atoms with E-state index >= 15 is 0 Å². The highest BCUT2D eigenvalue weighted by molar-refractivity contribution is 6.32. The van der Waals surface area contributed by atoms with Crippen molar-refractivity contribution in [2.45, 2.75) is 26.2 Å². The first kappa shape index (κ1) is 20.0. The zero-order valence-electron chi connectivity index (χ0n) is 16.2. The van der Waals surface area contributed by atoms with E-state index in [-0.39, 0.29) is 18.3 Å². The summed E-state index contributed by atoms with van der Waals surface area (Å²) in [7, 11) is 2.96. The van der Waals surface area contributed by atoms with Crippen molar-refractivity contribution in [1.82, 2.24) is 0 Å². The van der Waals surface area contributed by atoms with E-state index in [0.29, 0.717) is 39.9 Å². The van der Waals surface area contributed by atoms with Crippen LogP contribution in [-0.2, 0) is 4.79 Å². The van der Waals surface area contributed by atoms with Crippen molar-refractivity contribution in [2.24, 2.45) is 0 Å². The molecule has 0 bridgehead atoms. The number of ether oxygens (including phenoxy) is 3. The van der Waals surface area contributed by atoms with Gasteiger partial charge in [0, 0.05) is 18.6 Å². The molecule has 148 valence electrons. The van der Waals surface area contributed by atoms with E-state index in [0.717, 1.165) is 11.1 Å². The maximum Gasteiger partial charge on any atom is 0.262 e. The topological polar surface area (TPSA) is 73.9 Å². The molecule has 1 aliphatic carbocycles. The molecule has 0 saturated heterocycles. The zero-order chi connectivity index (χ0) is 20.4. The molecule has 1 aliphatic rings. The molecule has 0 aliphatic heterocycles. The van der Waals surface area contributed by atoms with Gasteiger partial charge in [0.2, 0.25) is 0 Å². The van der Waals surface area contributed by atoms with Crippen LogP contribution in [0.4, 0.5) is 5.69 Å². The molecule has 1 atom stereocenters. The third-order valence-corrected chi connectivity index (χ3v) is 5.09. The van der Waals surface area contributed by atoms with Gasteiger partial charge in [0.25, 0.3) is 5.91 Å². The van der Waals surface area contributed by atoms with Crippen LogP contribution < -0.4 is 19.5 Å². The van der Waals surface area contributed by atoms with Crippen LogP contribution in [0.25, 0.3) is 0 Å². The lowest BCUT2D eigenvalue weighted by molar-refractivity contribution is -0.118. The molecule has 0 radical (unpaired) electrons. The number of anilines is 1. The van der Waals surface area contributed by atoms with Crippen LogP contribution in [-0.4, -0.2) is 32.5 Å². The summed E-state index contributed by atoms with van der Waals surface area (Å²) in [6, 6.07) is 6.79. The highest BCUT2D eigenvalue weighted by Gasteiger charge is 2.31. The Bertz CT molecular complexity index is 941. The monoisotopic (exact) mass is 403 g/mol. The fraction of sp³-hybridized carbons (Fsp3) is 0.333. The predicted molar refractivity (Wildman–Crippen MR) is 107 cm³/mol. The van der Waals surface area contributed by atoms with Gasteiger partial charge in [-0.3, -0.25) is 9.59 Å². The Balaban J connectivity index is 1.75. The molecule has 0 fully saturated rings. The van der Waals surface area contributed by atoms with Gasteiger partial charge in [0.05, 0.1) is 30.5 Å². The molecule has 1 amide bonds. The summed E-state index contributed by atoms with van der Waals surface area (Å²) in [4.78, 5) is 24.7. The number of halogens is 1. The molecule has 6 nitrogen and oxygen atoms in total. The van der Waals surface area contributed by atoms with E-state index in [4.69, 9.17) is 25.8 Å². The summed E-state index contributed by atoms with van der Waals surface area (Å²) in [6.45, 7) is 3.75. The number of carbonyl (C=O) groups is 2. The minimum Gasteiger partial charge on any atom is -0.495 e. The van der Waals surface area contributed by atoms with Gasteiger partial charge in [-0.1, -0.05) is 24.6 Å². The van der Waals surface area contributed by atoms with Crippen LogP contribution in [0.5, 0.6) is 17.2 Å². The molecule has 0 spiro atoms. The standard InChI is InChI=1S/C21H22ClNO5/c1-11-5-6-16(21-15(24)7-12(2)20(11)21)28-10-19(25)23-14-9-17(26-3)13(22)8-18(14)27-4/h5-6,8-9,12H,7,10H2,1-4H3,(H,23,25)/t12-/m0/s1. The summed E-state index contributed by atoms with van der Waals surface area (Å²) in [5.41, 5.74) is 3.07. The van der Waals surface area contributed by atoms with Crippen LogP contribution >= 0.6 is 11.6 Å². The summed E-state index contributed by atoms with van der Waals surface area (Å²) in [5, 5.41) is 3.09. The Kier molecular flexibility index (Phi) is 5.79. The zero-order valence-corrected chi connectivity index (χ0v) is 17.0. The molecule has 3 rings (SSSR count). The van der Waals surface area contributed by atoms with Crippen LogP contribution in [0.3, 0.4) is 0 Å². The van der Waals surface area contributed by atoms with Gasteiger partial charge in [-0.05, 0) is 30.0 Å². The first-order chi connectivity index (χ1) is 13.3. The number of methoxy groups -OCH3 is 2. The van der Waals surface area contributed by atoms with Crippen molar-refractivity contribution in [3.63, 3.8) is 0 Å². The van der Waals surface area contributed by atoms with E-state index in [2.05, 4.69) is 5.32 Å². The fourth-order valence-corrected chi connectivity index (χ4v) is 3.75. The smallest absolute Gasteiger partial charge is 0.262 e. The van der Waals surface area contributed by atoms with Gasteiger partial charge in [0.15, 0.2) is 12.4 Å². The minimum atomic E-state index is -0.393. The molecule has 28 heavy (non-hydrogen) atoms. The third kappa shape index (κ3) is 3.78. The van der Waals surface area contributed by atoms with E-state index in [1.54, 1.807) is 18.2 Å². The Hall–Kier alpha value is -2.73. The normalized spacial score (nSPS) is 15.2. The highest BCUT2D eigenvalue weighted by atomic mass is 35.5. The Morgan fingerprint density at radius 2 is 1.89 bits per heavy atom. The minimum absolute atomic E-state index is 0.0470. The van der Waals surface area contributed by atoms with E-state index in [1.165, 1.54) is 14.2 Å². The van der Waals surface area contributed by atoms with E-state index in [1.807, 2.05) is 19.9 Å². The average Bonchev–Trinajstić information content (AvgIpc) is 2.97. The lowest BCUT2D eigenvalue weighted by atomic mass is 9.97. The van der Waals surface area contributed by atoms with Crippen LogP contribution in [0, 0.1) is 6.92 Å².